The molecule has 0 fully saturated rings. The Labute approximate surface area is 109 Å². The number of benzene rings is 1. The molecule has 1 aromatic carbocycles. The van der Waals surface area contributed by atoms with Gasteiger partial charge in [-0.05, 0) is 30.3 Å². The van der Waals surface area contributed by atoms with Crippen LogP contribution in [0.5, 0.6) is 5.75 Å². The number of aromatic nitrogens is 1. The van der Waals surface area contributed by atoms with Crippen LogP contribution in [-0.2, 0) is 0 Å². The van der Waals surface area contributed by atoms with Crippen LogP contribution >= 0.6 is 0 Å². The van der Waals surface area contributed by atoms with Crippen LogP contribution in [0, 0.1) is 5.82 Å². The topological polar surface area (TPSA) is 77.2 Å². The Balaban J connectivity index is 2.23. The fourth-order valence-electron chi connectivity index (χ4n) is 1.52. The van der Waals surface area contributed by atoms with E-state index in [1.54, 1.807) is 18.2 Å². The molecule has 0 saturated carbocycles. The largest absolute Gasteiger partial charge is 0.495 e. The Morgan fingerprint density at radius 2 is 2.16 bits per heavy atom. The first-order valence-electron chi connectivity index (χ1n) is 5.46. The second-order valence-corrected chi connectivity index (χ2v) is 3.78. The molecule has 0 radical (unpaired) electrons. The van der Waals surface area contributed by atoms with E-state index in [1.807, 2.05) is 0 Å². The number of nitrogen functional groups attached to an aromatic ring is 1. The van der Waals surface area contributed by atoms with Gasteiger partial charge in [-0.25, -0.2) is 9.37 Å². The van der Waals surface area contributed by atoms with Gasteiger partial charge in [0.2, 0.25) is 0 Å². The van der Waals surface area contributed by atoms with E-state index in [9.17, 15) is 9.18 Å². The van der Waals surface area contributed by atoms with Gasteiger partial charge in [-0.2, -0.15) is 0 Å². The molecule has 0 bridgehead atoms. The van der Waals surface area contributed by atoms with E-state index in [1.165, 1.54) is 19.2 Å². The fourth-order valence-corrected chi connectivity index (χ4v) is 1.52. The predicted octanol–water partition coefficient (Wildman–Crippen LogP) is 2.06. The second-order valence-electron chi connectivity index (χ2n) is 3.78. The molecule has 98 valence electrons. The van der Waals surface area contributed by atoms with Gasteiger partial charge in [-0.1, -0.05) is 0 Å². The molecule has 2 aromatic rings. The first-order valence-corrected chi connectivity index (χ1v) is 5.46. The van der Waals surface area contributed by atoms with Crippen LogP contribution in [0.3, 0.4) is 0 Å². The molecule has 5 nitrogen and oxygen atoms in total. The van der Waals surface area contributed by atoms with Crippen molar-refractivity contribution in [3.05, 3.63) is 48.0 Å². The van der Waals surface area contributed by atoms with Crippen molar-refractivity contribution in [2.45, 2.75) is 0 Å². The molecule has 19 heavy (non-hydrogen) atoms. The highest BCUT2D eigenvalue weighted by Crippen LogP contribution is 2.26. The van der Waals surface area contributed by atoms with Gasteiger partial charge in [-0.3, -0.25) is 4.79 Å². The van der Waals surface area contributed by atoms with Crippen LogP contribution in [-0.4, -0.2) is 18.0 Å². The Hall–Kier alpha value is -2.63. The molecular formula is C13H12FN3O2. The van der Waals surface area contributed by atoms with Crippen molar-refractivity contribution in [2.24, 2.45) is 0 Å². The lowest BCUT2D eigenvalue weighted by molar-refractivity contribution is 0.102. The van der Waals surface area contributed by atoms with Crippen LogP contribution in [0.2, 0.25) is 0 Å². The number of pyridine rings is 1. The number of hydrogen-bond acceptors (Lipinski definition) is 4. The fraction of sp³-hybridized carbons (Fsp3) is 0.0769. The molecule has 6 heteroatoms. The quantitative estimate of drug-likeness (QED) is 0.829. The average molecular weight is 261 g/mol. The summed E-state index contributed by atoms with van der Waals surface area (Å²) in [6, 6.07) is 7.33. The van der Waals surface area contributed by atoms with E-state index in [-0.39, 0.29) is 5.69 Å². The zero-order valence-electron chi connectivity index (χ0n) is 10.2. The number of carbonyl (C=O) groups is 1. The van der Waals surface area contributed by atoms with Crippen molar-refractivity contribution in [1.29, 1.82) is 0 Å². The van der Waals surface area contributed by atoms with E-state index in [0.717, 1.165) is 6.20 Å². The minimum absolute atomic E-state index is 0.103. The number of rotatable bonds is 3. The molecule has 3 N–H and O–H groups in total. The third-order valence-corrected chi connectivity index (χ3v) is 2.43. The van der Waals surface area contributed by atoms with Crippen molar-refractivity contribution >= 4 is 17.3 Å². The lowest BCUT2D eigenvalue weighted by atomic mass is 10.2. The van der Waals surface area contributed by atoms with Crippen LogP contribution in [0.15, 0.2) is 36.5 Å². The number of anilines is 2. The van der Waals surface area contributed by atoms with Gasteiger partial charge in [0.05, 0.1) is 19.0 Å². The molecule has 0 spiro atoms. The van der Waals surface area contributed by atoms with E-state index in [0.29, 0.717) is 17.1 Å². The highest BCUT2D eigenvalue weighted by atomic mass is 19.1. The van der Waals surface area contributed by atoms with Crippen molar-refractivity contribution in [2.75, 3.05) is 18.2 Å². The maximum atomic E-state index is 12.7. The minimum atomic E-state index is -0.502. The predicted molar refractivity (Wildman–Crippen MR) is 69.6 cm³/mol. The summed E-state index contributed by atoms with van der Waals surface area (Å²) in [6.45, 7) is 0. The van der Waals surface area contributed by atoms with Gasteiger partial charge < -0.3 is 15.8 Å². The maximum absolute atomic E-state index is 12.7. The molecule has 2 rings (SSSR count). The summed E-state index contributed by atoms with van der Waals surface area (Å²) in [7, 11) is 1.48. The number of ether oxygens (including phenoxy) is 1. The van der Waals surface area contributed by atoms with Crippen molar-refractivity contribution < 1.29 is 13.9 Å². The molecule has 0 unspecified atom stereocenters. The van der Waals surface area contributed by atoms with Gasteiger partial charge in [-0.15, -0.1) is 0 Å². The van der Waals surface area contributed by atoms with Crippen LogP contribution < -0.4 is 15.8 Å². The normalized spacial score (nSPS) is 10.0. The number of halogens is 1. The smallest absolute Gasteiger partial charge is 0.274 e. The first kappa shape index (κ1) is 12.8. The number of nitrogens with one attached hydrogen (secondary N) is 1. The lowest BCUT2D eigenvalue weighted by Crippen LogP contribution is -2.14. The molecule has 0 aliphatic carbocycles. The number of carbonyl (C=O) groups excluding carboxylic acids is 1. The van der Waals surface area contributed by atoms with Gasteiger partial charge in [0, 0.05) is 5.69 Å². The monoisotopic (exact) mass is 261 g/mol. The van der Waals surface area contributed by atoms with Crippen LogP contribution in [0.25, 0.3) is 0 Å². The van der Waals surface area contributed by atoms with E-state index in [2.05, 4.69) is 10.3 Å². The van der Waals surface area contributed by atoms with E-state index >= 15 is 0 Å². The van der Waals surface area contributed by atoms with Gasteiger partial charge in [0.25, 0.3) is 5.91 Å². The Morgan fingerprint density at radius 1 is 1.37 bits per heavy atom. The first-order chi connectivity index (χ1) is 9.10. The molecular weight excluding hydrogens is 249 g/mol. The number of nitrogens with zero attached hydrogens (tertiary/aromatic N) is 1. The molecule has 0 aliphatic rings. The van der Waals surface area contributed by atoms with E-state index < -0.39 is 11.7 Å². The third-order valence-electron chi connectivity index (χ3n) is 2.43. The SMILES string of the molecule is COc1ccc(N)cc1NC(=O)c1ccc(F)cn1. The Morgan fingerprint density at radius 3 is 2.79 bits per heavy atom. The Bertz CT molecular complexity index is 599. The second kappa shape index (κ2) is 5.34. The standard InChI is InChI=1S/C13H12FN3O2/c1-19-12-5-3-9(15)6-11(12)17-13(18)10-4-2-8(14)7-16-10/h2-7H,15H2,1H3,(H,17,18). The zero-order chi connectivity index (χ0) is 13.8. The average Bonchev–Trinajstić information content (AvgIpc) is 2.39. The third kappa shape index (κ3) is 2.98. The van der Waals surface area contributed by atoms with Gasteiger partial charge in [0.15, 0.2) is 0 Å². The summed E-state index contributed by atoms with van der Waals surface area (Å²) < 4.78 is 17.8. The van der Waals surface area contributed by atoms with E-state index in [4.69, 9.17) is 10.5 Å². The summed E-state index contributed by atoms with van der Waals surface area (Å²) in [5, 5.41) is 2.61. The van der Waals surface area contributed by atoms with Crippen molar-refractivity contribution in [3.63, 3.8) is 0 Å². The highest BCUT2D eigenvalue weighted by molar-refractivity contribution is 6.03. The number of hydrogen-bond donors (Lipinski definition) is 2. The molecule has 1 aromatic heterocycles. The number of amides is 1. The zero-order valence-corrected chi connectivity index (χ0v) is 10.2. The maximum Gasteiger partial charge on any atom is 0.274 e. The molecule has 0 saturated heterocycles. The molecule has 0 aliphatic heterocycles. The van der Waals surface area contributed by atoms with Gasteiger partial charge in [0.1, 0.15) is 17.3 Å². The minimum Gasteiger partial charge on any atom is -0.495 e. The summed E-state index contributed by atoms with van der Waals surface area (Å²) in [4.78, 5) is 15.6. The van der Waals surface area contributed by atoms with Crippen molar-refractivity contribution in [3.8, 4) is 5.75 Å². The van der Waals surface area contributed by atoms with Crippen molar-refractivity contribution in [1.82, 2.24) is 4.98 Å². The number of methoxy groups -OCH3 is 1. The van der Waals surface area contributed by atoms with Gasteiger partial charge >= 0.3 is 0 Å². The lowest BCUT2D eigenvalue weighted by Gasteiger charge is -2.10. The molecule has 0 atom stereocenters. The summed E-state index contributed by atoms with van der Waals surface area (Å²) >= 11 is 0. The molecule has 1 heterocycles. The summed E-state index contributed by atoms with van der Waals surface area (Å²) in [5.74, 6) is -0.494. The van der Waals surface area contributed by atoms with Crippen LogP contribution in [0.4, 0.5) is 15.8 Å². The van der Waals surface area contributed by atoms with Crippen LogP contribution in [0.1, 0.15) is 10.5 Å². The summed E-state index contributed by atoms with van der Waals surface area (Å²) in [6.07, 6.45) is 0.978. The summed E-state index contributed by atoms with van der Waals surface area (Å²) in [5.41, 5.74) is 6.67. The highest BCUT2D eigenvalue weighted by Gasteiger charge is 2.11. The Kier molecular flexibility index (Phi) is 3.61. The number of nitrogens with two attached hydrogens (primary N) is 1. The molecule has 1 amide bonds.